The molecule has 0 aromatic carbocycles. The van der Waals surface area contributed by atoms with Crippen LogP contribution < -0.4 is 0 Å². The van der Waals surface area contributed by atoms with Gasteiger partial charge < -0.3 is 14.4 Å². The third-order valence-corrected chi connectivity index (χ3v) is 4.21. The van der Waals surface area contributed by atoms with E-state index < -0.39 is 5.97 Å². The monoisotopic (exact) mass is 285 g/mol. The van der Waals surface area contributed by atoms with E-state index in [-0.39, 0.29) is 17.9 Å². The quantitative estimate of drug-likeness (QED) is 0.802. The Morgan fingerprint density at radius 1 is 1.63 bits per heavy atom. The highest BCUT2D eigenvalue weighted by atomic mass is 32.2. The van der Waals surface area contributed by atoms with E-state index in [0.29, 0.717) is 5.16 Å². The Hall–Kier alpha value is -1.08. The standard InChI is InChI=1S/C12H19N3O3S/c1-3-10-13-14-12(19-7-11(16)17)15(10)8(2)9-5-4-6-18-9/h8-9H,3-7H2,1-2H3,(H,16,17). The smallest absolute Gasteiger partial charge is 0.313 e. The highest BCUT2D eigenvalue weighted by Gasteiger charge is 2.27. The normalized spacial score (nSPS) is 20.6. The highest BCUT2D eigenvalue weighted by Crippen LogP contribution is 2.29. The molecule has 0 radical (unpaired) electrons. The molecule has 2 heterocycles. The van der Waals surface area contributed by atoms with Crippen LogP contribution in [0, 0.1) is 0 Å². The second-order valence-corrected chi connectivity index (χ2v) is 5.54. The average molecular weight is 285 g/mol. The number of aliphatic carboxylic acids is 1. The summed E-state index contributed by atoms with van der Waals surface area (Å²) in [5.41, 5.74) is 0. The Morgan fingerprint density at radius 3 is 3.00 bits per heavy atom. The Kier molecular flexibility index (Phi) is 4.81. The van der Waals surface area contributed by atoms with E-state index in [9.17, 15) is 4.79 Å². The predicted molar refractivity (Wildman–Crippen MR) is 71.4 cm³/mol. The van der Waals surface area contributed by atoms with Crippen LogP contribution >= 0.6 is 11.8 Å². The van der Waals surface area contributed by atoms with E-state index in [2.05, 4.69) is 17.1 Å². The van der Waals surface area contributed by atoms with Gasteiger partial charge in [0, 0.05) is 13.0 Å². The summed E-state index contributed by atoms with van der Waals surface area (Å²) < 4.78 is 7.75. The lowest BCUT2D eigenvalue weighted by molar-refractivity contribution is -0.133. The van der Waals surface area contributed by atoms with Gasteiger partial charge in [-0.25, -0.2) is 0 Å². The number of rotatable bonds is 6. The van der Waals surface area contributed by atoms with E-state index in [1.165, 1.54) is 11.8 Å². The minimum atomic E-state index is -0.845. The molecule has 1 aromatic heterocycles. The van der Waals surface area contributed by atoms with Crippen LogP contribution in [0.5, 0.6) is 0 Å². The lowest BCUT2D eigenvalue weighted by Gasteiger charge is -2.22. The summed E-state index contributed by atoms with van der Waals surface area (Å²) in [6, 6.07) is 0.142. The topological polar surface area (TPSA) is 77.2 Å². The molecule has 106 valence electrons. The molecule has 7 heteroatoms. The van der Waals surface area contributed by atoms with Gasteiger partial charge in [-0.15, -0.1) is 10.2 Å². The Morgan fingerprint density at radius 2 is 2.42 bits per heavy atom. The second kappa shape index (κ2) is 6.38. The van der Waals surface area contributed by atoms with Gasteiger partial charge in [0.05, 0.1) is 17.9 Å². The van der Waals surface area contributed by atoms with Crippen LogP contribution in [0.25, 0.3) is 0 Å². The maximum absolute atomic E-state index is 10.7. The van der Waals surface area contributed by atoms with Gasteiger partial charge >= 0.3 is 5.97 Å². The summed E-state index contributed by atoms with van der Waals surface area (Å²) in [5.74, 6) is 0.0401. The van der Waals surface area contributed by atoms with Crippen LogP contribution in [0.2, 0.25) is 0 Å². The molecule has 1 N–H and O–H groups in total. The number of carbonyl (C=O) groups is 1. The highest BCUT2D eigenvalue weighted by molar-refractivity contribution is 7.99. The van der Waals surface area contributed by atoms with Crippen molar-refractivity contribution in [2.24, 2.45) is 0 Å². The van der Waals surface area contributed by atoms with Crippen LogP contribution in [0.1, 0.15) is 38.6 Å². The predicted octanol–water partition coefficient (Wildman–Crippen LogP) is 1.76. The number of aryl methyl sites for hydroxylation is 1. The molecule has 19 heavy (non-hydrogen) atoms. The van der Waals surface area contributed by atoms with Gasteiger partial charge in [0.2, 0.25) is 0 Å². The van der Waals surface area contributed by atoms with Gasteiger partial charge in [0.1, 0.15) is 5.82 Å². The van der Waals surface area contributed by atoms with Crippen molar-refractivity contribution in [3.8, 4) is 0 Å². The molecule has 1 aliphatic rings. The number of ether oxygens (including phenoxy) is 1. The minimum absolute atomic E-state index is 0.0000907. The Balaban J connectivity index is 2.19. The number of carboxylic acid groups (broad SMARTS) is 1. The number of aromatic nitrogens is 3. The lowest BCUT2D eigenvalue weighted by Crippen LogP contribution is -2.23. The summed E-state index contributed by atoms with van der Waals surface area (Å²) in [5, 5.41) is 17.7. The summed E-state index contributed by atoms with van der Waals surface area (Å²) in [4.78, 5) is 10.7. The second-order valence-electron chi connectivity index (χ2n) is 4.60. The molecule has 0 bridgehead atoms. The Labute approximate surface area is 116 Å². The molecule has 2 atom stereocenters. The molecule has 1 fully saturated rings. The van der Waals surface area contributed by atoms with Crippen LogP contribution in [0.4, 0.5) is 0 Å². The lowest BCUT2D eigenvalue weighted by atomic mass is 10.1. The maximum Gasteiger partial charge on any atom is 0.313 e. The fraction of sp³-hybridized carbons (Fsp3) is 0.750. The van der Waals surface area contributed by atoms with Crippen molar-refractivity contribution in [2.45, 2.75) is 50.4 Å². The first-order valence-corrected chi connectivity index (χ1v) is 7.52. The number of nitrogens with zero attached hydrogens (tertiary/aromatic N) is 3. The van der Waals surface area contributed by atoms with Crippen LogP contribution in [-0.4, -0.2) is 44.3 Å². The average Bonchev–Trinajstić information content (AvgIpc) is 3.04. The minimum Gasteiger partial charge on any atom is -0.481 e. The van der Waals surface area contributed by atoms with Gasteiger partial charge in [-0.05, 0) is 19.8 Å². The number of carboxylic acids is 1. The van der Waals surface area contributed by atoms with Crippen LogP contribution in [0.15, 0.2) is 5.16 Å². The zero-order chi connectivity index (χ0) is 13.8. The van der Waals surface area contributed by atoms with Crippen molar-refractivity contribution >= 4 is 17.7 Å². The van der Waals surface area contributed by atoms with Crippen molar-refractivity contribution in [1.82, 2.24) is 14.8 Å². The van der Waals surface area contributed by atoms with E-state index in [4.69, 9.17) is 9.84 Å². The first-order chi connectivity index (χ1) is 9.13. The summed E-state index contributed by atoms with van der Waals surface area (Å²) in [7, 11) is 0. The van der Waals surface area contributed by atoms with Crippen molar-refractivity contribution < 1.29 is 14.6 Å². The summed E-state index contributed by atoms with van der Waals surface area (Å²) in [6.45, 7) is 4.91. The SMILES string of the molecule is CCc1nnc(SCC(=O)O)n1C(C)C1CCCO1. The molecule has 0 saturated carbocycles. The first kappa shape index (κ1) is 14.3. The van der Waals surface area contributed by atoms with Gasteiger partial charge in [0.15, 0.2) is 5.16 Å². The molecule has 1 saturated heterocycles. The molecular weight excluding hydrogens is 266 g/mol. The molecular formula is C12H19N3O3S. The molecule has 0 amide bonds. The number of hydrogen-bond donors (Lipinski definition) is 1. The van der Waals surface area contributed by atoms with E-state index in [0.717, 1.165) is 31.7 Å². The van der Waals surface area contributed by atoms with Crippen molar-refractivity contribution in [1.29, 1.82) is 0 Å². The summed E-state index contributed by atoms with van der Waals surface area (Å²) >= 11 is 1.21. The van der Waals surface area contributed by atoms with E-state index in [1.807, 2.05) is 11.5 Å². The van der Waals surface area contributed by atoms with Crippen molar-refractivity contribution in [3.63, 3.8) is 0 Å². The fourth-order valence-electron chi connectivity index (χ4n) is 2.33. The van der Waals surface area contributed by atoms with Crippen LogP contribution in [0.3, 0.4) is 0 Å². The van der Waals surface area contributed by atoms with Gasteiger partial charge in [-0.2, -0.15) is 0 Å². The zero-order valence-electron chi connectivity index (χ0n) is 11.2. The van der Waals surface area contributed by atoms with Gasteiger partial charge in [0.25, 0.3) is 0 Å². The molecule has 2 rings (SSSR count). The third kappa shape index (κ3) is 3.27. The number of hydrogen-bond acceptors (Lipinski definition) is 5. The van der Waals surface area contributed by atoms with Gasteiger partial charge in [-0.1, -0.05) is 18.7 Å². The maximum atomic E-state index is 10.7. The first-order valence-electron chi connectivity index (χ1n) is 6.53. The van der Waals surface area contributed by atoms with Crippen molar-refractivity contribution in [2.75, 3.05) is 12.4 Å². The van der Waals surface area contributed by atoms with Gasteiger partial charge in [-0.3, -0.25) is 4.79 Å². The molecule has 1 aromatic rings. The Bertz CT molecular complexity index is 443. The van der Waals surface area contributed by atoms with Crippen molar-refractivity contribution in [3.05, 3.63) is 5.82 Å². The zero-order valence-corrected chi connectivity index (χ0v) is 12.0. The van der Waals surface area contributed by atoms with Crippen LogP contribution in [-0.2, 0) is 16.0 Å². The molecule has 1 aliphatic heterocycles. The van der Waals surface area contributed by atoms with E-state index in [1.54, 1.807) is 0 Å². The molecule has 6 nitrogen and oxygen atoms in total. The number of thioether (sulfide) groups is 1. The molecule has 0 spiro atoms. The third-order valence-electron chi connectivity index (χ3n) is 3.29. The summed E-state index contributed by atoms with van der Waals surface area (Å²) in [6.07, 6.45) is 3.06. The largest absolute Gasteiger partial charge is 0.481 e. The fourth-order valence-corrected chi connectivity index (χ4v) is 3.09. The molecule has 2 unspecified atom stereocenters. The van der Waals surface area contributed by atoms with E-state index >= 15 is 0 Å². The molecule has 0 aliphatic carbocycles.